The number of piperidine rings is 1. The highest BCUT2D eigenvalue weighted by Gasteiger charge is 2.41. The largest absolute Gasteiger partial charge is 0.383 e. The SMILES string of the molecule is CCC[C@H](C(N)=O)[C@@H](CC(C)C)C(=O)N1CCCC(O)(c2ccc(F)cc2)C1. The van der Waals surface area contributed by atoms with Gasteiger partial charge in [-0.3, -0.25) is 9.59 Å². The maximum Gasteiger partial charge on any atom is 0.226 e. The van der Waals surface area contributed by atoms with E-state index < -0.39 is 23.3 Å². The molecule has 0 spiro atoms. The van der Waals surface area contributed by atoms with Crippen LogP contribution in [0, 0.1) is 23.6 Å². The Morgan fingerprint density at radius 3 is 2.43 bits per heavy atom. The summed E-state index contributed by atoms with van der Waals surface area (Å²) in [5.41, 5.74) is 5.02. The molecule has 28 heavy (non-hydrogen) atoms. The predicted molar refractivity (Wildman–Crippen MR) is 107 cm³/mol. The molecule has 3 N–H and O–H groups in total. The molecule has 1 heterocycles. The van der Waals surface area contributed by atoms with E-state index in [1.165, 1.54) is 12.1 Å². The fourth-order valence-corrected chi connectivity index (χ4v) is 4.25. The summed E-state index contributed by atoms with van der Waals surface area (Å²) >= 11 is 0. The summed E-state index contributed by atoms with van der Waals surface area (Å²) in [7, 11) is 0. The molecular weight excluding hydrogens is 359 g/mol. The number of hydrogen-bond donors (Lipinski definition) is 2. The van der Waals surface area contributed by atoms with Crippen LogP contribution < -0.4 is 5.73 Å². The van der Waals surface area contributed by atoms with Gasteiger partial charge in [-0.25, -0.2) is 4.39 Å². The highest BCUT2D eigenvalue weighted by Crippen LogP contribution is 2.34. The molecule has 5 nitrogen and oxygen atoms in total. The van der Waals surface area contributed by atoms with Gasteiger partial charge in [0.05, 0.1) is 6.54 Å². The van der Waals surface area contributed by atoms with Crippen molar-refractivity contribution in [2.45, 2.75) is 58.5 Å². The third kappa shape index (κ3) is 5.31. The van der Waals surface area contributed by atoms with E-state index in [2.05, 4.69) is 0 Å². The van der Waals surface area contributed by atoms with Crippen molar-refractivity contribution in [2.75, 3.05) is 13.1 Å². The predicted octanol–water partition coefficient (Wildman–Crippen LogP) is 3.20. The van der Waals surface area contributed by atoms with Crippen LogP contribution in [0.15, 0.2) is 24.3 Å². The van der Waals surface area contributed by atoms with E-state index in [1.807, 2.05) is 20.8 Å². The standard InChI is InChI=1S/C22H33FN2O3/c1-4-6-18(20(24)26)19(13-15(2)3)21(27)25-12-5-11-22(28,14-25)16-7-9-17(23)10-8-16/h7-10,15,18-19,28H,4-6,11-14H2,1-3H3,(H2,24,26)/t18-,19+,22?/m0/s1. The first-order valence-corrected chi connectivity index (χ1v) is 10.2. The molecule has 0 aromatic heterocycles. The molecule has 1 aliphatic rings. The molecule has 1 saturated heterocycles. The molecule has 1 aromatic rings. The number of aliphatic hydroxyl groups is 1. The second-order valence-electron chi connectivity index (χ2n) is 8.44. The zero-order valence-corrected chi connectivity index (χ0v) is 17.2. The van der Waals surface area contributed by atoms with Crippen molar-refractivity contribution in [3.63, 3.8) is 0 Å². The Morgan fingerprint density at radius 1 is 1.25 bits per heavy atom. The second kappa shape index (κ2) is 9.50. The maximum atomic E-state index is 13.4. The van der Waals surface area contributed by atoms with Gasteiger partial charge in [-0.05, 0) is 49.3 Å². The number of hydrogen-bond acceptors (Lipinski definition) is 3. The van der Waals surface area contributed by atoms with E-state index in [1.54, 1.807) is 17.0 Å². The first kappa shape index (κ1) is 22.3. The third-order valence-corrected chi connectivity index (χ3v) is 5.66. The Balaban J connectivity index is 2.25. The molecule has 2 amide bonds. The topological polar surface area (TPSA) is 83.6 Å². The number of nitrogens with zero attached hydrogens (tertiary/aromatic N) is 1. The number of carbonyl (C=O) groups excluding carboxylic acids is 2. The zero-order valence-electron chi connectivity index (χ0n) is 17.2. The van der Waals surface area contributed by atoms with Gasteiger partial charge in [0.2, 0.25) is 11.8 Å². The Hall–Kier alpha value is -1.95. The van der Waals surface area contributed by atoms with E-state index in [0.29, 0.717) is 37.8 Å². The van der Waals surface area contributed by atoms with Crippen LogP contribution in [-0.4, -0.2) is 34.9 Å². The van der Waals surface area contributed by atoms with Crippen LogP contribution in [0.4, 0.5) is 4.39 Å². The van der Waals surface area contributed by atoms with Gasteiger partial charge < -0.3 is 15.7 Å². The number of amides is 2. The summed E-state index contributed by atoms with van der Waals surface area (Å²) in [5.74, 6) is -1.66. The highest BCUT2D eigenvalue weighted by atomic mass is 19.1. The molecule has 1 aliphatic heterocycles. The van der Waals surface area contributed by atoms with Crippen LogP contribution in [0.5, 0.6) is 0 Å². The number of primary amides is 1. The summed E-state index contributed by atoms with van der Waals surface area (Å²) in [4.78, 5) is 27.1. The van der Waals surface area contributed by atoms with Gasteiger partial charge in [-0.1, -0.05) is 39.3 Å². The van der Waals surface area contributed by atoms with Gasteiger partial charge in [0.25, 0.3) is 0 Å². The van der Waals surface area contributed by atoms with Gasteiger partial charge in [0.15, 0.2) is 0 Å². The van der Waals surface area contributed by atoms with Crippen LogP contribution in [0.3, 0.4) is 0 Å². The number of nitrogens with two attached hydrogens (primary N) is 1. The fraction of sp³-hybridized carbons (Fsp3) is 0.636. The monoisotopic (exact) mass is 392 g/mol. The molecule has 156 valence electrons. The van der Waals surface area contributed by atoms with Gasteiger partial charge in [-0.15, -0.1) is 0 Å². The van der Waals surface area contributed by atoms with Crippen molar-refractivity contribution in [1.29, 1.82) is 0 Å². The summed E-state index contributed by atoms with van der Waals surface area (Å²) in [6.45, 7) is 6.70. The van der Waals surface area contributed by atoms with Crippen LogP contribution in [0.2, 0.25) is 0 Å². The van der Waals surface area contributed by atoms with Crippen LogP contribution in [0.1, 0.15) is 58.4 Å². The molecule has 1 aromatic carbocycles. The summed E-state index contributed by atoms with van der Waals surface area (Å²) in [5, 5.41) is 11.2. The lowest BCUT2D eigenvalue weighted by Crippen LogP contribution is -2.52. The fourth-order valence-electron chi connectivity index (χ4n) is 4.25. The first-order chi connectivity index (χ1) is 13.2. The number of benzene rings is 1. The van der Waals surface area contributed by atoms with Gasteiger partial charge in [0.1, 0.15) is 11.4 Å². The van der Waals surface area contributed by atoms with Crippen molar-refractivity contribution in [1.82, 2.24) is 4.90 Å². The molecule has 2 rings (SSSR count). The van der Waals surface area contributed by atoms with Gasteiger partial charge in [-0.2, -0.15) is 0 Å². The maximum absolute atomic E-state index is 13.4. The van der Waals surface area contributed by atoms with E-state index in [-0.39, 0.29) is 24.2 Å². The Morgan fingerprint density at radius 2 is 1.89 bits per heavy atom. The van der Waals surface area contributed by atoms with Gasteiger partial charge >= 0.3 is 0 Å². The second-order valence-corrected chi connectivity index (χ2v) is 8.44. The lowest BCUT2D eigenvalue weighted by molar-refractivity contribution is -0.148. The van der Waals surface area contributed by atoms with E-state index in [0.717, 1.165) is 6.42 Å². The number of likely N-dealkylation sites (tertiary alicyclic amines) is 1. The quantitative estimate of drug-likeness (QED) is 0.713. The van der Waals surface area contributed by atoms with E-state index >= 15 is 0 Å². The Bertz CT molecular complexity index is 677. The molecule has 0 saturated carbocycles. The summed E-state index contributed by atoms with van der Waals surface area (Å²) in [6, 6.07) is 5.77. The van der Waals surface area contributed by atoms with Crippen molar-refractivity contribution in [3.05, 3.63) is 35.6 Å². The summed E-state index contributed by atoms with van der Waals surface area (Å²) in [6.07, 6.45) is 3.08. The number of β-amino-alcohol motifs (C(OH)–C–C–N with tert-alkyl or cyclic N) is 1. The van der Waals surface area contributed by atoms with E-state index in [4.69, 9.17) is 5.73 Å². The molecule has 0 radical (unpaired) electrons. The highest BCUT2D eigenvalue weighted by molar-refractivity contribution is 5.87. The Kier molecular flexibility index (Phi) is 7.58. The van der Waals surface area contributed by atoms with Crippen molar-refractivity contribution in [3.8, 4) is 0 Å². The third-order valence-electron chi connectivity index (χ3n) is 5.66. The van der Waals surface area contributed by atoms with Crippen molar-refractivity contribution < 1.29 is 19.1 Å². The minimum atomic E-state index is -1.21. The van der Waals surface area contributed by atoms with Crippen LogP contribution >= 0.6 is 0 Å². The smallest absolute Gasteiger partial charge is 0.226 e. The number of rotatable bonds is 8. The van der Waals surface area contributed by atoms with Crippen LogP contribution in [-0.2, 0) is 15.2 Å². The average molecular weight is 393 g/mol. The minimum Gasteiger partial charge on any atom is -0.383 e. The molecule has 1 fully saturated rings. The van der Waals surface area contributed by atoms with E-state index in [9.17, 15) is 19.1 Å². The molecule has 6 heteroatoms. The van der Waals surface area contributed by atoms with Crippen molar-refractivity contribution in [2.24, 2.45) is 23.5 Å². The molecule has 1 unspecified atom stereocenters. The van der Waals surface area contributed by atoms with Gasteiger partial charge in [0, 0.05) is 18.4 Å². The summed E-state index contributed by atoms with van der Waals surface area (Å²) < 4.78 is 13.3. The molecule has 0 bridgehead atoms. The molecule has 3 atom stereocenters. The Labute approximate surface area is 167 Å². The molecule has 0 aliphatic carbocycles. The molecular formula is C22H33FN2O3. The van der Waals surface area contributed by atoms with Crippen molar-refractivity contribution >= 4 is 11.8 Å². The zero-order chi connectivity index (χ0) is 20.9. The lowest BCUT2D eigenvalue weighted by Gasteiger charge is -2.41. The number of carbonyl (C=O) groups is 2. The first-order valence-electron chi connectivity index (χ1n) is 10.2. The lowest BCUT2D eigenvalue weighted by atomic mass is 9.80. The average Bonchev–Trinajstić information content (AvgIpc) is 2.64. The normalized spacial score (nSPS) is 22.1. The number of halogens is 1. The minimum absolute atomic E-state index is 0.119. The van der Waals surface area contributed by atoms with Crippen LogP contribution in [0.25, 0.3) is 0 Å².